The lowest BCUT2D eigenvalue weighted by molar-refractivity contribution is 0.209. The van der Waals surface area contributed by atoms with Gasteiger partial charge in [0.1, 0.15) is 12.4 Å². The van der Waals surface area contributed by atoms with Crippen LogP contribution in [0.1, 0.15) is 19.4 Å². The van der Waals surface area contributed by atoms with Gasteiger partial charge in [-0.25, -0.2) is 27.5 Å². The highest BCUT2D eigenvalue weighted by atomic mass is 19.2. The van der Waals surface area contributed by atoms with E-state index in [4.69, 9.17) is 9.47 Å². The van der Waals surface area contributed by atoms with Gasteiger partial charge in [0.25, 0.3) is 0 Å². The Morgan fingerprint density at radius 3 is 2.17 bits per heavy atom. The van der Waals surface area contributed by atoms with Crippen LogP contribution in [0.25, 0.3) is 0 Å². The Morgan fingerprint density at radius 2 is 1.58 bits per heavy atom. The molecule has 1 N–H and O–H groups in total. The summed E-state index contributed by atoms with van der Waals surface area (Å²) in [4.78, 5) is 13.0. The van der Waals surface area contributed by atoms with E-state index in [2.05, 4.69) is 38.9 Å². The molecular weight excluding hydrogens is 478 g/mol. The number of anilines is 3. The van der Waals surface area contributed by atoms with E-state index in [-0.39, 0.29) is 17.8 Å². The van der Waals surface area contributed by atoms with Gasteiger partial charge in [-0.1, -0.05) is 0 Å². The largest absolute Gasteiger partial charge is 0.495 e. The second kappa shape index (κ2) is 11.0. The second-order valence-electron chi connectivity index (χ2n) is 8.61. The second-order valence-corrected chi connectivity index (χ2v) is 8.61. The van der Waals surface area contributed by atoms with Crippen molar-refractivity contribution >= 4 is 17.3 Å². The Morgan fingerprint density at radius 1 is 0.944 bits per heavy atom. The lowest BCUT2D eigenvalue weighted by Gasteiger charge is -2.38. The molecule has 36 heavy (non-hydrogen) atoms. The van der Waals surface area contributed by atoms with Crippen molar-refractivity contribution in [1.29, 1.82) is 0 Å². The van der Waals surface area contributed by atoms with Crippen LogP contribution < -0.4 is 19.7 Å². The van der Waals surface area contributed by atoms with E-state index in [9.17, 15) is 17.6 Å². The van der Waals surface area contributed by atoms with Gasteiger partial charge in [-0.15, -0.1) is 0 Å². The lowest BCUT2D eigenvalue weighted by Crippen LogP contribution is -2.49. The van der Waals surface area contributed by atoms with Gasteiger partial charge < -0.3 is 19.7 Å². The normalized spacial score (nSPS) is 14.3. The number of nitrogens with one attached hydrogen (secondary N) is 1. The third-order valence-electron chi connectivity index (χ3n) is 6.04. The molecule has 0 unspecified atom stereocenters. The van der Waals surface area contributed by atoms with Crippen LogP contribution in [0.5, 0.6) is 11.5 Å². The van der Waals surface area contributed by atoms with Crippen molar-refractivity contribution < 1.29 is 27.0 Å². The molecule has 3 aromatic rings. The Hall–Kier alpha value is -3.60. The van der Waals surface area contributed by atoms with Crippen molar-refractivity contribution in [2.45, 2.75) is 26.5 Å². The molecule has 0 amide bonds. The Kier molecular flexibility index (Phi) is 7.78. The molecule has 192 valence electrons. The first-order valence-electron chi connectivity index (χ1n) is 11.5. The molecule has 4 rings (SSSR count). The molecule has 1 fully saturated rings. The van der Waals surface area contributed by atoms with Crippen molar-refractivity contribution in [2.75, 3.05) is 43.5 Å². The van der Waals surface area contributed by atoms with E-state index in [1.807, 2.05) is 18.2 Å². The molecule has 0 spiro atoms. The number of ether oxygens (including phenoxy) is 2. The molecule has 1 aliphatic heterocycles. The third-order valence-corrected chi connectivity index (χ3v) is 6.04. The maximum absolute atomic E-state index is 13.8. The zero-order valence-electron chi connectivity index (χ0n) is 20.2. The van der Waals surface area contributed by atoms with E-state index in [1.54, 1.807) is 7.11 Å². The van der Waals surface area contributed by atoms with Gasteiger partial charge in [-0.05, 0) is 26.0 Å². The van der Waals surface area contributed by atoms with Crippen LogP contribution in [0, 0.1) is 23.3 Å². The molecule has 1 saturated heterocycles. The molecule has 1 aliphatic rings. The summed E-state index contributed by atoms with van der Waals surface area (Å²) in [6.07, 6.45) is 2.56. The minimum absolute atomic E-state index is 0.0671. The fraction of sp³-hybridized carbons (Fsp3) is 0.360. The number of halogens is 4. The zero-order valence-corrected chi connectivity index (χ0v) is 20.2. The molecule has 11 heteroatoms. The quantitative estimate of drug-likeness (QED) is 0.345. The number of methoxy groups -OCH3 is 1. The van der Waals surface area contributed by atoms with E-state index >= 15 is 0 Å². The highest BCUT2D eigenvalue weighted by molar-refractivity contribution is 5.67. The van der Waals surface area contributed by atoms with Crippen LogP contribution in [0.4, 0.5) is 34.9 Å². The molecule has 2 heterocycles. The summed E-state index contributed by atoms with van der Waals surface area (Å²) in [5.41, 5.74) is 0.848. The van der Waals surface area contributed by atoms with Crippen molar-refractivity contribution in [3.63, 3.8) is 0 Å². The number of benzene rings is 2. The zero-order chi connectivity index (χ0) is 25.8. The summed E-state index contributed by atoms with van der Waals surface area (Å²) in [6, 6.07) is 6.38. The number of hydrogen-bond donors (Lipinski definition) is 1. The number of rotatable bonds is 8. The average Bonchev–Trinajstić information content (AvgIpc) is 2.88. The summed E-state index contributed by atoms with van der Waals surface area (Å²) in [5, 5.41) is 3.06. The van der Waals surface area contributed by atoms with Gasteiger partial charge in [0.05, 0.1) is 30.8 Å². The fourth-order valence-corrected chi connectivity index (χ4v) is 3.99. The van der Waals surface area contributed by atoms with Crippen LogP contribution in [-0.4, -0.2) is 54.2 Å². The van der Waals surface area contributed by atoms with Crippen molar-refractivity contribution in [1.82, 2.24) is 14.9 Å². The summed E-state index contributed by atoms with van der Waals surface area (Å²) < 4.78 is 65.1. The molecule has 0 saturated carbocycles. The maximum atomic E-state index is 13.8. The predicted octanol–water partition coefficient (Wildman–Crippen LogP) is 4.89. The number of piperazine rings is 1. The van der Waals surface area contributed by atoms with Gasteiger partial charge in [0.15, 0.2) is 29.0 Å². The van der Waals surface area contributed by atoms with Gasteiger partial charge in [0.2, 0.25) is 5.95 Å². The minimum atomic E-state index is -1.51. The van der Waals surface area contributed by atoms with Crippen LogP contribution >= 0.6 is 0 Å². The molecule has 0 aliphatic carbocycles. The first-order chi connectivity index (χ1) is 17.3. The highest BCUT2D eigenvalue weighted by Gasteiger charge is 2.22. The van der Waals surface area contributed by atoms with Crippen molar-refractivity contribution in [3.05, 3.63) is 65.5 Å². The van der Waals surface area contributed by atoms with Gasteiger partial charge in [-0.2, -0.15) is 0 Å². The van der Waals surface area contributed by atoms with Crippen LogP contribution in [0.3, 0.4) is 0 Å². The van der Waals surface area contributed by atoms with E-state index in [0.717, 1.165) is 31.9 Å². The first kappa shape index (κ1) is 25.5. The van der Waals surface area contributed by atoms with E-state index in [1.165, 1.54) is 12.4 Å². The SMILES string of the molecule is COc1cc(Nc2ncc(OCc3c(F)c(F)cc(F)c3F)cn2)ccc1N1CCN(C(C)C)CC1. The topological polar surface area (TPSA) is 62.8 Å². The first-order valence-corrected chi connectivity index (χ1v) is 11.5. The fourth-order valence-electron chi connectivity index (χ4n) is 3.99. The monoisotopic (exact) mass is 505 g/mol. The minimum Gasteiger partial charge on any atom is -0.495 e. The molecule has 2 aromatic carbocycles. The Bertz CT molecular complexity index is 1180. The summed E-state index contributed by atoms with van der Waals surface area (Å²) in [6.45, 7) is 7.44. The standard InChI is InChI=1S/C25H27F4N5O2/c1-15(2)33-6-8-34(9-7-33)21-5-4-16(10-22(21)35-3)32-25-30-12-17(13-31-25)36-14-18-23(28)19(26)11-20(27)24(18)29/h4-5,10-13,15H,6-9,14H2,1-3H3,(H,30,31,32). The molecule has 7 nitrogen and oxygen atoms in total. The Labute approximate surface area is 206 Å². The number of nitrogens with zero attached hydrogens (tertiary/aromatic N) is 4. The van der Waals surface area contributed by atoms with E-state index < -0.39 is 35.4 Å². The van der Waals surface area contributed by atoms with Gasteiger partial charge in [-0.3, -0.25) is 4.90 Å². The predicted molar refractivity (Wildman–Crippen MR) is 128 cm³/mol. The average molecular weight is 506 g/mol. The van der Waals surface area contributed by atoms with Crippen LogP contribution in [0.15, 0.2) is 36.7 Å². The maximum Gasteiger partial charge on any atom is 0.227 e. The summed E-state index contributed by atoms with van der Waals surface area (Å²) >= 11 is 0. The van der Waals surface area contributed by atoms with Crippen LogP contribution in [-0.2, 0) is 6.61 Å². The summed E-state index contributed by atoms with van der Waals surface area (Å²) in [5.74, 6) is -4.98. The third kappa shape index (κ3) is 5.62. The summed E-state index contributed by atoms with van der Waals surface area (Å²) in [7, 11) is 1.62. The van der Waals surface area contributed by atoms with E-state index in [0.29, 0.717) is 17.5 Å². The highest BCUT2D eigenvalue weighted by Crippen LogP contribution is 2.33. The van der Waals surface area contributed by atoms with Gasteiger partial charge >= 0.3 is 0 Å². The Balaban J connectivity index is 1.39. The molecule has 0 atom stereocenters. The van der Waals surface area contributed by atoms with Crippen LogP contribution in [0.2, 0.25) is 0 Å². The molecule has 0 radical (unpaired) electrons. The van der Waals surface area contributed by atoms with Crippen molar-refractivity contribution in [3.8, 4) is 11.5 Å². The molecule has 0 bridgehead atoms. The van der Waals surface area contributed by atoms with Gasteiger partial charge in [0, 0.05) is 50.0 Å². The number of aromatic nitrogens is 2. The number of hydrogen-bond acceptors (Lipinski definition) is 7. The lowest BCUT2D eigenvalue weighted by atomic mass is 10.2. The van der Waals surface area contributed by atoms with Crippen molar-refractivity contribution in [2.24, 2.45) is 0 Å². The molecule has 1 aromatic heterocycles. The smallest absolute Gasteiger partial charge is 0.227 e. The molecular formula is C25H27F4N5O2.